The highest BCUT2D eigenvalue weighted by atomic mass is 19.1. The number of anilines is 1. The Hall–Kier alpha value is -1.09. The Labute approximate surface area is 103 Å². The number of rotatable bonds is 3. The lowest BCUT2D eigenvalue weighted by Gasteiger charge is -2.33. The third-order valence-electron chi connectivity index (χ3n) is 3.44. The lowest BCUT2D eigenvalue weighted by Crippen LogP contribution is -2.34. The molecule has 0 saturated carbocycles. The molecule has 1 heterocycles. The van der Waals surface area contributed by atoms with Crippen LogP contribution in [0.25, 0.3) is 0 Å². The first-order chi connectivity index (χ1) is 8.20. The second-order valence-electron chi connectivity index (χ2n) is 5.02. The van der Waals surface area contributed by atoms with Gasteiger partial charge in [0.15, 0.2) is 0 Å². The largest absolute Gasteiger partial charge is 0.369 e. The van der Waals surface area contributed by atoms with E-state index in [2.05, 4.69) is 11.8 Å². The van der Waals surface area contributed by atoms with Gasteiger partial charge in [0.05, 0.1) is 5.69 Å². The molecule has 1 atom stereocenters. The molecule has 0 amide bonds. The van der Waals surface area contributed by atoms with E-state index in [0.717, 1.165) is 37.2 Å². The van der Waals surface area contributed by atoms with Gasteiger partial charge in [-0.15, -0.1) is 0 Å². The van der Waals surface area contributed by atoms with Crippen LogP contribution in [0.4, 0.5) is 10.1 Å². The number of nitrogens with two attached hydrogens (primary N) is 1. The molecule has 1 aromatic carbocycles. The molecule has 0 spiro atoms. The second kappa shape index (κ2) is 5.50. The highest BCUT2D eigenvalue weighted by Gasteiger charge is 2.19. The number of halogens is 1. The lowest BCUT2D eigenvalue weighted by atomic mass is 9.99. The summed E-state index contributed by atoms with van der Waals surface area (Å²) in [7, 11) is 0. The van der Waals surface area contributed by atoms with Gasteiger partial charge >= 0.3 is 0 Å². The smallest absolute Gasteiger partial charge is 0.146 e. The molecule has 2 rings (SSSR count). The maximum Gasteiger partial charge on any atom is 0.146 e. The second-order valence-corrected chi connectivity index (χ2v) is 5.02. The van der Waals surface area contributed by atoms with E-state index in [1.54, 1.807) is 6.07 Å². The van der Waals surface area contributed by atoms with Gasteiger partial charge in [-0.3, -0.25) is 0 Å². The third-order valence-corrected chi connectivity index (χ3v) is 3.44. The summed E-state index contributed by atoms with van der Waals surface area (Å²) in [6.07, 6.45) is 3.15. The van der Waals surface area contributed by atoms with Gasteiger partial charge in [-0.2, -0.15) is 0 Å². The van der Waals surface area contributed by atoms with Crippen molar-refractivity contribution in [3.63, 3.8) is 0 Å². The Morgan fingerprint density at radius 2 is 2.29 bits per heavy atom. The van der Waals surface area contributed by atoms with Gasteiger partial charge in [-0.1, -0.05) is 13.0 Å². The number of piperidine rings is 1. The van der Waals surface area contributed by atoms with Crippen LogP contribution in [0.1, 0.15) is 25.3 Å². The quantitative estimate of drug-likeness (QED) is 0.874. The highest BCUT2D eigenvalue weighted by Crippen LogP contribution is 2.26. The van der Waals surface area contributed by atoms with Gasteiger partial charge < -0.3 is 10.6 Å². The van der Waals surface area contributed by atoms with E-state index in [1.807, 2.05) is 12.1 Å². The van der Waals surface area contributed by atoms with Gasteiger partial charge in [-0.25, -0.2) is 4.39 Å². The van der Waals surface area contributed by atoms with Crippen LogP contribution >= 0.6 is 0 Å². The highest BCUT2D eigenvalue weighted by molar-refractivity contribution is 5.49. The molecule has 3 heteroatoms. The zero-order chi connectivity index (χ0) is 12.3. The summed E-state index contributed by atoms with van der Waals surface area (Å²) in [5, 5.41) is 0. The maximum absolute atomic E-state index is 14.0. The fraction of sp³-hybridized carbons (Fsp3) is 0.571. The fourth-order valence-corrected chi connectivity index (χ4v) is 2.54. The van der Waals surface area contributed by atoms with Crippen LogP contribution in [0.5, 0.6) is 0 Å². The van der Waals surface area contributed by atoms with Crippen molar-refractivity contribution >= 4 is 5.69 Å². The standard InChI is InChI=1S/C14H21FN2/c1-11-3-2-8-17(10-11)14-5-4-12(6-7-16)9-13(14)15/h4-5,9,11H,2-3,6-8,10,16H2,1H3. The van der Waals surface area contributed by atoms with Crippen LogP contribution in [-0.4, -0.2) is 19.6 Å². The van der Waals surface area contributed by atoms with E-state index in [0.29, 0.717) is 12.5 Å². The van der Waals surface area contributed by atoms with Crippen molar-refractivity contribution < 1.29 is 4.39 Å². The van der Waals surface area contributed by atoms with Crippen molar-refractivity contribution in [3.8, 4) is 0 Å². The molecule has 94 valence electrons. The number of hydrogen-bond acceptors (Lipinski definition) is 2. The van der Waals surface area contributed by atoms with Gasteiger partial charge in [0.25, 0.3) is 0 Å². The van der Waals surface area contributed by atoms with Gasteiger partial charge in [0, 0.05) is 13.1 Å². The fourth-order valence-electron chi connectivity index (χ4n) is 2.54. The van der Waals surface area contributed by atoms with Crippen molar-refractivity contribution in [1.29, 1.82) is 0 Å². The van der Waals surface area contributed by atoms with Crippen LogP contribution < -0.4 is 10.6 Å². The Balaban J connectivity index is 2.15. The summed E-state index contributed by atoms with van der Waals surface area (Å²) in [5.41, 5.74) is 7.21. The molecule has 1 aliphatic heterocycles. The topological polar surface area (TPSA) is 29.3 Å². The van der Waals surface area contributed by atoms with Crippen molar-refractivity contribution in [1.82, 2.24) is 0 Å². The molecule has 1 aromatic rings. The predicted molar refractivity (Wildman–Crippen MR) is 69.8 cm³/mol. The molecule has 2 nitrogen and oxygen atoms in total. The van der Waals surface area contributed by atoms with Gasteiger partial charge in [0.2, 0.25) is 0 Å². The van der Waals surface area contributed by atoms with Gasteiger partial charge in [0.1, 0.15) is 5.82 Å². The minimum Gasteiger partial charge on any atom is -0.369 e. The molecule has 0 aromatic heterocycles. The predicted octanol–water partition coefficient (Wildman–Crippen LogP) is 2.56. The van der Waals surface area contributed by atoms with E-state index in [1.165, 1.54) is 6.42 Å². The Morgan fingerprint density at radius 3 is 2.94 bits per heavy atom. The molecular formula is C14H21FN2. The molecule has 0 radical (unpaired) electrons. The number of benzene rings is 1. The molecule has 0 bridgehead atoms. The first-order valence-corrected chi connectivity index (χ1v) is 6.44. The Morgan fingerprint density at radius 1 is 1.47 bits per heavy atom. The minimum absolute atomic E-state index is 0.106. The molecule has 17 heavy (non-hydrogen) atoms. The van der Waals surface area contributed by atoms with Crippen LogP contribution in [0, 0.1) is 11.7 Å². The van der Waals surface area contributed by atoms with Crippen molar-refractivity contribution in [2.24, 2.45) is 11.7 Å². The van der Waals surface area contributed by atoms with Crippen molar-refractivity contribution in [2.75, 3.05) is 24.5 Å². The van der Waals surface area contributed by atoms with Crippen LogP contribution in [0.2, 0.25) is 0 Å². The van der Waals surface area contributed by atoms with Crippen LogP contribution in [0.15, 0.2) is 18.2 Å². The zero-order valence-corrected chi connectivity index (χ0v) is 10.5. The molecule has 1 fully saturated rings. The van der Waals surface area contributed by atoms with E-state index < -0.39 is 0 Å². The summed E-state index contributed by atoms with van der Waals surface area (Å²) in [6, 6.07) is 5.52. The number of nitrogens with zero attached hydrogens (tertiary/aromatic N) is 1. The minimum atomic E-state index is -0.106. The summed E-state index contributed by atoms with van der Waals surface area (Å²) < 4.78 is 14.0. The van der Waals surface area contributed by atoms with Crippen LogP contribution in [-0.2, 0) is 6.42 Å². The van der Waals surface area contributed by atoms with Crippen molar-refractivity contribution in [2.45, 2.75) is 26.2 Å². The van der Waals surface area contributed by atoms with E-state index in [-0.39, 0.29) is 5.82 Å². The van der Waals surface area contributed by atoms with Gasteiger partial charge in [-0.05, 0) is 49.4 Å². The van der Waals surface area contributed by atoms with Crippen LogP contribution in [0.3, 0.4) is 0 Å². The summed E-state index contributed by atoms with van der Waals surface area (Å²) in [6.45, 7) is 4.73. The average Bonchev–Trinajstić information content (AvgIpc) is 2.29. The van der Waals surface area contributed by atoms with Crippen molar-refractivity contribution in [3.05, 3.63) is 29.6 Å². The Kier molecular flexibility index (Phi) is 4.00. The summed E-state index contributed by atoms with van der Waals surface area (Å²) in [4.78, 5) is 2.16. The molecular weight excluding hydrogens is 215 g/mol. The average molecular weight is 236 g/mol. The molecule has 2 N–H and O–H groups in total. The normalized spacial score (nSPS) is 20.6. The Bertz CT molecular complexity index is 378. The summed E-state index contributed by atoms with van der Waals surface area (Å²) >= 11 is 0. The number of hydrogen-bond donors (Lipinski definition) is 1. The molecule has 1 aliphatic rings. The van der Waals surface area contributed by atoms with E-state index in [9.17, 15) is 4.39 Å². The SMILES string of the molecule is CC1CCCN(c2ccc(CCN)cc2F)C1. The first kappa shape index (κ1) is 12.4. The zero-order valence-electron chi connectivity index (χ0n) is 10.5. The first-order valence-electron chi connectivity index (χ1n) is 6.44. The van der Waals surface area contributed by atoms with E-state index >= 15 is 0 Å². The molecule has 1 unspecified atom stereocenters. The molecule has 1 saturated heterocycles. The summed E-state index contributed by atoms with van der Waals surface area (Å²) in [5.74, 6) is 0.553. The lowest BCUT2D eigenvalue weighted by molar-refractivity contribution is 0.442. The maximum atomic E-state index is 14.0. The monoisotopic (exact) mass is 236 g/mol. The molecule has 0 aliphatic carbocycles. The van der Waals surface area contributed by atoms with E-state index in [4.69, 9.17) is 5.73 Å². The third kappa shape index (κ3) is 2.97.